The molecule has 0 radical (unpaired) electrons. The quantitative estimate of drug-likeness (QED) is 0.0330. The normalized spacial score (nSPS) is 19.4. The summed E-state index contributed by atoms with van der Waals surface area (Å²) in [6, 6.07) is -0.712. The Kier molecular flexibility index (Phi) is 47.7. The lowest BCUT2D eigenvalue weighted by atomic mass is 9.99. The van der Waals surface area contributed by atoms with Crippen LogP contribution in [0.1, 0.15) is 316 Å². The maximum atomic E-state index is 13.0. The third kappa shape index (κ3) is 38.8. The third-order valence-corrected chi connectivity index (χ3v) is 15.0. The minimum atomic E-state index is -1.55. The van der Waals surface area contributed by atoms with Crippen molar-refractivity contribution < 1.29 is 39.8 Å². The van der Waals surface area contributed by atoms with Gasteiger partial charge in [0.05, 0.1) is 25.4 Å². The topological polar surface area (TPSA) is 149 Å². The standard InChI is InChI=1S/C59H117NO8/c1-3-5-7-9-11-13-15-16-17-18-19-20-21-22-23-24-25-26-27-28-29-30-31-32-33-34-35-36-37-39-41-43-45-47-49-55(63)60-52(51-67-59-58(66)57(65)56(64)54(50-61)68-59)53(62)48-46-44-42-40-38-14-12-10-8-6-4-2/h52-54,56-59,61-62,64-66H,3-51H2,1-2H3,(H,60,63). The lowest BCUT2D eigenvalue weighted by molar-refractivity contribution is -0.302. The molecule has 0 saturated carbocycles. The van der Waals surface area contributed by atoms with Crippen LogP contribution in [0.4, 0.5) is 0 Å². The first kappa shape index (κ1) is 65.2. The molecule has 0 aliphatic carbocycles. The first-order valence-electron chi connectivity index (χ1n) is 30.2. The van der Waals surface area contributed by atoms with Crippen LogP contribution in [0.15, 0.2) is 0 Å². The van der Waals surface area contributed by atoms with Crippen molar-refractivity contribution in [2.45, 2.75) is 358 Å². The molecular formula is C59H117NO8. The summed E-state index contributed by atoms with van der Waals surface area (Å²) in [6.07, 6.45) is 53.2. The molecule has 0 aromatic rings. The van der Waals surface area contributed by atoms with E-state index in [1.54, 1.807) is 0 Å². The first-order valence-corrected chi connectivity index (χ1v) is 30.2. The summed E-state index contributed by atoms with van der Waals surface area (Å²) in [5.41, 5.74) is 0. The van der Waals surface area contributed by atoms with E-state index >= 15 is 0 Å². The van der Waals surface area contributed by atoms with Crippen LogP contribution in [0.25, 0.3) is 0 Å². The molecule has 1 rings (SSSR count). The van der Waals surface area contributed by atoms with Crippen LogP contribution in [0.5, 0.6) is 0 Å². The zero-order valence-corrected chi connectivity index (χ0v) is 45.2. The summed E-state index contributed by atoms with van der Waals surface area (Å²) in [5.74, 6) is -0.138. The molecule has 406 valence electrons. The Morgan fingerprint density at radius 3 is 1.04 bits per heavy atom. The average Bonchev–Trinajstić information content (AvgIpc) is 3.34. The summed E-state index contributed by atoms with van der Waals surface area (Å²) in [4.78, 5) is 13.0. The number of nitrogens with one attached hydrogen (secondary N) is 1. The molecule has 9 nitrogen and oxygen atoms in total. The number of aliphatic hydroxyl groups excluding tert-OH is 5. The van der Waals surface area contributed by atoms with Crippen LogP contribution in [0.3, 0.4) is 0 Å². The molecule has 1 heterocycles. The lowest BCUT2D eigenvalue weighted by Gasteiger charge is -2.40. The second-order valence-corrected chi connectivity index (χ2v) is 21.5. The van der Waals surface area contributed by atoms with E-state index in [1.165, 1.54) is 250 Å². The molecule has 0 aromatic carbocycles. The van der Waals surface area contributed by atoms with E-state index < -0.39 is 49.5 Å². The van der Waals surface area contributed by atoms with Gasteiger partial charge in [0.1, 0.15) is 24.4 Å². The van der Waals surface area contributed by atoms with E-state index in [-0.39, 0.29) is 12.5 Å². The fourth-order valence-electron chi connectivity index (χ4n) is 10.2. The third-order valence-electron chi connectivity index (χ3n) is 15.0. The largest absolute Gasteiger partial charge is 0.394 e. The lowest BCUT2D eigenvalue weighted by Crippen LogP contribution is -2.60. The Balaban J connectivity index is 2.03. The summed E-state index contributed by atoms with van der Waals surface area (Å²) >= 11 is 0. The van der Waals surface area contributed by atoms with Crippen molar-refractivity contribution in [3.8, 4) is 0 Å². The highest BCUT2D eigenvalue weighted by Crippen LogP contribution is 2.24. The Bertz CT molecular complexity index is 1030. The van der Waals surface area contributed by atoms with Crippen LogP contribution < -0.4 is 5.32 Å². The van der Waals surface area contributed by atoms with Gasteiger partial charge in [-0.2, -0.15) is 0 Å². The Morgan fingerprint density at radius 1 is 0.441 bits per heavy atom. The van der Waals surface area contributed by atoms with Gasteiger partial charge in [0.2, 0.25) is 5.91 Å². The average molecular weight is 969 g/mol. The monoisotopic (exact) mass is 968 g/mol. The molecule has 1 aliphatic rings. The fraction of sp³-hybridized carbons (Fsp3) is 0.983. The van der Waals surface area contributed by atoms with E-state index in [9.17, 15) is 30.3 Å². The van der Waals surface area contributed by atoms with Crippen molar-refractivity contribution in [2.24, 2.45) is 0 Å². The highest BCUT2D eigenvalue weighted by Gasteiger charge is 2.44. The van der Waals surface area contributed by atoms with Crippen LogP contribution in [0.2, 0.25) is 0 Å². The Hall–Kier alpha value is -0.810. The number of carbonyl (C=O) groups is 1. The van der Waals surface area contributed by atoms with Crippen molar-refractivity contribution in [3.05, 3.63) is 0 Å². The van der Waals surface area contributed by atoms with Gasteiger partial charge in [-0.25, -0.2) is 0 Å². The van der Waals surface area contributed by atoms with Gasteiger partial charge in [-0.05, 0) is 12.8 Å². The molecule has 1 aliphatic heterocycles. The zero-order valence-electron chi connectivity index (χ0n) is 45.2. The van der Waals surface area contributed by atoms with E-state index in [4.69, 9.17) is 9.47 Å². The first-order chi connectivity index (χ1) is 33.3. The van der Waals surface area contributed by atoms with Gasteiger partial charge in [-0.1, -0.05) is 296 Å². The summed E-state index contributed by atoms with van der Waals surface area (Å²) in [5, 5.41) is 54.5. The smallest absolute Gasteiger partial charge is 0.220 e. The van der Waals surface area contributed by atoms with E-state index in [0.717, 1.165) is 38.5 Å². The number of rotatable bonds is 53. The molecule has 68 heavy (non-hydrogen) atoms. The van der Waals surface area contributed by atoms with Crippen LogP contribution in [-0.4, -0.2) is 87.5 Å². The van der Waals surface area contributed by atoms with Crippen molar-refractivity contribution in [3.63, 3.8) is 0 Å². The molecule has 0 spiro atoms. The Morgan fingerprint density at radius 2 is 0.735 bits per heavy atom. The van der Waals surface area contributed by atoms with E-state index in [1.807, 2.05) is 0 Å². The summed E-state index contributed by atoms with van der Waals surface area (Å²) < 4.78 is 11.3. The molecule has 6 N–H and O–H groups in total. The molecule has 1 amide bonds. The number of aliphatic hydroxyl groups is 5. The predicted octanol–water partition coefficient (Wildman–Crippen LogP) is 15.0. The molecule has 1 saturated heterocycles. The fourth-order valence-corrected chi connectivity index (χ4v) is 10.2. The molecule has 0 bridgehead atoms. The number of ether oxygens (including phenoxy) is 2. The molecule has 7 unspecified atom stereocenters. The SMILES string of the molecule is CCCCCCCCCCCCCCCCCCCCCCCCCCCCCCCCCCCCC(=O)NC(COC1OC(CO)C(O)C(O)C1O)C(O)CCCCCCCCCCCCC. The molecule has 1 fully saturated rings. The van der Waals surface area contributed by atoms with Crippen LogP contribution in [-0.2, 0) is 14.3 Å². The number of hydrogen-bond donors (Lipinski definition) is 6. The Labute approximate surface area is 421 Å². The van der Waals surface area contributed by atoms with Gasteiger partial charge in [0.15, 0.2) is 6.29 Å². The number of carbonyl (C=O) groups excluding carboxylic acids is 1. The van der Waals surface area contributed by atoms with Gasteiger partial charge < -0.3 is 40.3 Å². The highest BCUT2D eigenvalue weighted by atomic mass is 16.7. The molecule has 9 heteroatoms. The predicted molar refractivity (Wildman–Crippen MR) is 286 cm³/mol. The van der Waals surface area contributed by atoms with Gasteiger partial charge in [-0.3, -0.25) is 4.79 Å². The van der Waals surface area contributed by atoms with E-state index in [2.05, 4.69) is 19.2 Å². The molecular weight excluding hydrogens is 851 g/mol. The van der Waals surface area contributed by atoms with Crippen molar-refractivity contribution in [1.82, 2.24) is 5.32 Å². The van der Waals surface area contributed by atoms with E-state index in [0.29, 0.717) is 12.8 Å². The summed E-state index contributed by atoms with van der Waals surface area (Å²) in [7, 11) is 0. The van der Waals surface area contributed by atoms with Crippen molar-refractivity contribution in [1.29, 1.82) is 0 Å². The summed E-state index contributed by atoms with van der Waals surface area (Å²) in [6.45, 7) is 3.86. The van der Waals surface area contributed by atoms with Gasteiger partial charge in [-0.15, -0.1) is 0 Å². The number of unbranched alkanes of at least 4 members (excludes halogenated alkanes) is 43. The molecule has 7 atom stereocenters. The minimum Gasteiger partial charge on any atom is -0.394 e. The van der Waals surface area contributed by atoms with Crippen LogP contribution in [0, 0.1) is 0 Å². The van der Waals surface area contributed by atoms with Gasteiger partial charge in [0.25, 0.3) is 0 Å². The van der Waals surface area contributed by atoms with Gasteiger partial charge in [0, 0.05) is 6.42 Å². The maximum Gasteiger partial charge on any atom is 0.220 e. The molecule has 0 aromatic heterocycles. The minimum absolute atomic E-state index is 0.132. The van der Waals surface area contributed by atoms with Crippen molar-refractivity contribution in [2.75, 3.05) is 13.2 Å². The second kappa shape index (κ2) is 49.8. The second-order valence-electron chi connectivity index (χ2n) is 21.5. The number of hydrogen-bond acceptors (Lipinski definition) is 8. The maximum absolute atomic E-state index is 13.0. The zero-order chi connectivity index (χ0) is 49.4. The highest BCUT2D eigenvalue weighted by molar-refractivity contribution is 5.76. The van der Waals surface area contributed by atoms with Crippen LogP contribution >= 0.6 is 0 Å². The van der Waals surface area contributed by atoms with Crippen molar-refractivity contribution >= 4 is 5.91 Å². The van der Waals surface area contributed by atoms with Gasteiger partial charge >= 0.3 is 0 Å². The number of amides is 1.